The smallest absolute Gasteiger partial charge is 0.304 e. The highest BCUT2D eigenvalue weighted by Gasteiger charge is 2.13. The van der Waals surface area contributed by atoms with Gasteiger partial charge in [0.05, 0.1) is 18.3 Å². The maximum absolute atomic E-state index is 10.7. The Labute approximate surface area is 113 Å². The highest BCUT2D eigenvalue weighted by Crippen LogP contribution is 2.23. The molecule has 4 nitrogen and oxygen atoms in total. The topological polar surface area (TPSA) is 66.0 Å². The summed E-state index contributed by atoms with van der Waals surface area (Å²) in [4.78, 5) is 18.1. The van der Waals surface area contributed by atoms with Crippen LogP contribution in [-0.4, -0.2) is 21.0 Å². The molecule has 0 aliphatic carbocycles. The first-order valence-electron chi connectivity index (χ1n) is 5.59. The van der Waals surface area contributed by atoms with Crippen LogP contribution in [0.25, 0.3) is 11.3 Å². The molecule has 0 spiro atoms. The van der Waals surface area contributed by atoms with E-state index in [-0.39, 0.29) is 12.3 Å². The van der Waals surface area contributed by atoms with Crippen LogP contribution in [0.5, 0.6) is 0 Å². The molecule has 0 bridgehead atoms. The average molecular weight is 309 g/mol. The third-order valence-electron chi connectivity index (χ3n) is 2.70. The molecule has 1 atom stereocenters. The van der Waals surface area contributed by atoms with Crippen LogP contribution in [0.15, 0.2) is 34.9 Å². The SMILES string of the molecule is CC(CC(=O)O)c1ncc(-c2ccc(Br)cc2)[nH]1. The zero-order chi connectivity index (χ0) is 13.1. The largest absolute Gasteiger partial charge is 0.481 e. The maximum Gasteiger partial charge on any atom is 0.304 e. The van der Waals surface area contributed by atoms with Gasteiger partial charge in [0, 0.05) is 10.4 Å². The van der Waals surface area contributed by atoms with Crippen LogP contribution in [-0.2, 0) is 4.79 Å². The Balaban J connectivity index is 2.19. The Kier molecular flexibility index (Phi) is 3.81. The van der Waals surface area contributed by atoms with Crippen molar-refractivity contribution in [3.05, 3.63) is 40.8 Å². The van der Waals surface area contributed by atoms with Gasteiger partial charge in [0.15, 0.2) is 0 Å². The number of aromatic amines is 1. The molecule has 0 aliphatic heterocycles. The van der Waals surface area contributed by atoms with Gasteiger partial charge in [0.25, 0.3) is 0 Å². The number of aromatic nitrogens is 2. The fourth-order valence-corrected chi connectivity index (χ4v) is 1.99. The number of hydrogen-bond donors (Lipinski definition) is 2. The van der Waals surface area contributed by atoms with Crippen LogP contribution in [0.2, 0.25) is 0 Å². The lowest BCUT2D eigenvalue weighted by Crippen LogP contribution is -2.04. The van der Waals surface area contributed by atoms with Gasteiger partial charge in [0.2, 0.25) is 0 Å². The van der Waals surface area contributed by atoms with Crippen molar-refractivity contribution in [2.24, 2.45) is 0 Å². The summed E-state index contributed by atoms with van der Waals surface area (Å²) >= 11 is 3.38. The number of aliphatic carboxylic acids is 1. The summed E-state index contributed by atoms with van der Waals surface area (Å²) in [5.41, 5.74) is 1.93. The molecule has 2 aromatic rings. The van der Waals surface area contributed by atoms with Crippen LogP contribution in [0.1, 0.15) is 25.1 Å². The van der Waals surface area contributed by atoms with Gasteiger partial charge in [-0.15, -0.1) is 0 Å². The second kappa shape index (κ2) is 5.35. The number of imidazole rings is 1. The minimum Gasteiger partial charge on any atom is -0.481 e. The third-order valence-corrected chi connectivity index (χ3v) is 3.23. The van der Waals surface area contributed by atoms with Crippen molar-refractivity contribution in [2.45, 2.75) is 19.3 Å². The van der Waals surface area contributed by atoms with Crippen molar-refractivity contribution < 1.29 is 9.90 Å². The fourth-order valence-electron chi connectivity index (χ4n) is 1.72. The van der Waals surface area contributed by atoms with Gasteiger partial charge in [-0.25, -0.2) is 4.98 Å². The number of hydrogen-bond acceptors (Lipinski definition) is 2. The maximum atomic E-state index is 10.7. The van der Waals surface area contributed by atoms with E-state index in [0.29, 0.717) is 5.82 Å². The molecule has 0 amide bonds. The zero-order valence-electron chi connectivity index (χ0n) is 9.85. The van der Waals surface area contributed by atoms with E-state index in [2.05, 4.69) is 25.9 Å². The molecule has 2 rings (SSSR count). The van der Waals surface area contributed by atoms with Crippen LogP contribution in [0.3, 0.4) is 0 Å². The van der Waals surface area contributed by atoms with Gasteiger partial charge in [-0.05, 0) is 17.7 Å². The molecule has 2 N–H and O–H groups in total. The van der Waals surface area contributed by atoms with Crippen molar-refractivity contribution >= 4 is 21.9 Å². The molecule has 18 heavy (non-hydrogen) atoms. The average Bonchev–Trinajstić information content (AvgIpc) is 2.78. The molecule has 1 unspecified atom stereocenters. The number of nitrogens with zero attached hydrogens (tertiary/aromatic N) is 1. The first kappa shape index (κ1) is 12.8. The molecular formula is C13H13BrN2O2. The number of H-pyrrole nitrogens is 1. The van der Waals surface area contributed by atoms with Gasteiger partial charge in [-0.2, -0.15) is 0 Å². The van der Waals surface area contributed by atoms with E-state index in [9.17, 15) is 4.79 Å². The van der Waals surface area contributed by atoms with Crippen molar-refractivity contribution in [3.8, 4) is 11.3 Å². The molecule has 0 saturated carbocycles. The number of nitrogens with one attached hydrogen (secondary N) is 1. The van der Waals surface area contributed by atoms with Crippen molar-refractivity contribution in [2.75, 3.05) is 0 Å². The van der Waals surface area contributed by atoms with Gasteiger partial charge in [0.1, 0.15) is 5.82 Å². The molecular weight excluding hydrogens is 296 g/mol. The molecule has 1 aromatic heterocycles. The first-order chi connectivity index (χ1) is 8.56. The number of halogens is 1. The van der Waals surface area contributed by atoms with E-state index in [0.717, 1.165) is 15.7 Å². The van der Waals surface area contributed by atoms with Gasteiger partial charge in [-0.3, -0.25) is 4.79 Å². The van der Waals surface area contributed by atoms with Gasteiger partial charge >= 0.3 is 5.97 Å². The summed E-state index contributed by atoms with van der Waals surface area (Å²) in [5, 5.41) is 8.75. The summed E-state index contributed by atoms with van der Waals surface area (Å²) in [5.74, 6) is -0.230. The molecule has 0 fully saturated rings. The second-order valence-electron chi connectivity index (χ2n) is 4.19. The quantitative estimate of drug-likeness (QED) is 0.909. The summed E-state index contributed by atoms with van der Waals surface area (Å²) in [6.45, 7) is 1.85. The summed E-state index contributed by atoms with van der Waals surface area (Å²) in [7, 11) is 0. The Morgan fingerprint density at radius 3 is 2.72 bits per heavy atom. The van der Waals surface area contributed by atoms with E-state index < -0.39 is 5.97 Å². The Hall–Kier alpha value is -1.62. The number of carbonyl (C=O) groups is 1. The molecule has 0 aliphatic rings. The Morgan fingerprint density at radius 2 is 2.11 bits per heavy atom. The molecule has 5 heteroatoms. The number of carboxylic acid groups (broad SMARTS) is 1. The molecule has 0 saturated heterocycles. The fraction of sp³-hybridized carbons (Fsp3) is 0.231. The van der Waals surface area contributed by atoms with E-state index >= 15 is 0 Å². The lowest BCUT2D eigenvalue weighted by Gasteiger charge is -2.04. The van der Waals surface area contributed by atoms with Crippen LogP contribution in [0.4, 0.5) is 0 Å². The zero-order valence-corrected chi connectivity index (χ0v) is 11.4. The standard InChI is InChI=1S/C13H13BrN2O2/c1-8(6-12(17)18)13-15-7-11(16-13)9-2-4-10(14)5-3-9/h2-5,7-8H,6H2,1H3,(H,15,16)(H,17,18). The van der Waals surface area contributed by atoms with E-state index in [1.54, 1.807) is 6.20 Å². The molecule has 1 heterocycles. The van der Waals surface area contributed by atoms with Crippen LogP contribution < -0.4 is 0 Å². The predicted molar refractivity (Wildman–Crippen MR) is 72.4 cm³/mol. The second-order valence-corrected chi connectivity index (χ2v) is 5.10. The third kappa shape index (κ3) is 2.98. The minimum absolute atomic E-state index is 0.0767. The van der Waals surface area contributed by atoms with Crippen molar-refractivity contribution in [1.29, 1.82) is 0 Å². The monoisotopic (exact) mass is 308 g/mol. The van der Waals surface area contributed by atoms with E-state index in [1.165, 1.54) is 0 Å². The Morgan fingerprint density at radius 1 is 1.44 bits per heavy atom. The van der Waals surface area contributed by atoms with Crippen LogP contribution in [0, 0.1) is 0 Å². The summed E-state index contributed by atoms with van der Waals surface area (Å²) < 4.78 is 1.02. The lowest BCUT2D eigenvalue weighted by molar-refractivity contribution is -0.137. The van der Waals surface area contributed by atoms with Crippen LogP contribution >= 0.6 is 15.9 Å². The van der Waals surface area contributed by atoms with Gasteiger partial charge in [-0.1, -0.05) is 35.0 Å². The lowest BCUT2D eigenvalue weighted by atomic mass is 10.1. The minimum atomic E-state index is -0.816. The Bertz CT molecular complexity index is 548. The summed E-state index contributed by atoms with van der Waals surface area (Å²) in [6.07, 6.45) is 1.81. The highest BCUT2D eigenvalue weighted by atomic mass is 79.9. The molecule has 94 valence electrons. The van der Waals surface area contributed by atoms with Crippen molar-refractivity contribution in [1.82, 2.24) is 9.97 Å². The van der Waals surface area contributed by atoms with E-state index in [1.807, 2.05) is 31.2 Å². The number of carboxylic acids is 1. The highest BCUT2D eigenvalue weighted by molar-refractivity contribution is 9.10. The van der Waals surface area contributed by atoms with Crippen molar-refractivity contribution in [3.63, 3.8) is 0 Å². The normalized spacial score (nSPS) is 12.3. The molecule has 0 radical (unpaired) electrons. The first-order valence-corrected chi connectivity index (χ1v) is 6.38. The summed E-state index contributed by atoms with van der Waals surface area (Å²) in [6, 6.07) is 7.86. The predicted octanol–water partition coefficient (Wildman–Crippen LogP) is 3.42. The number of benzene rings is 1. The molecule has 1 aromatic carbocycles. The number of rotatable bonds is 4. The van der Waals surface area contributed by atoms with E-state index in [4.69, 9.17) is 5.11 Å². The van der Waals surface area contributed by atoms with Gasteiger partial charge < -0.3 is 10.1 Å².